The maximum Gasteiger partial charge on any atom is 0.184 e. The van der Waals surface area contributed by atoms with Crippen LogP contribution in [-0.4, -0.2) is 51.5 Å². The first-order valence-electron chi connectivity index (χ1n) is 7.35. The topological polar surface area (TPSA) is 94.9 Å². The second kappa shape index (κ2) is 7.27. The van der Waals surface area contributed by atoms with Crippen molar-refractivity contribution in [1.29, 1.82) is 0 Å². The summed E-state index contributed by atoms with van der Waals surface area (Å²) in [7, 11) is 3.04. The number of methoxy groups -OCH3 is 2. The Hall–Kier alpha value is -1.67. The number of benzene rings is 1. The standard InChI is InChI=1S/C15H19N3O5/c1-19-13-11(17-18-16)12-10(22-15(13)20-2)8-21-14(23-12)9-6-4-3-5-7-9/h3-7,10-15H,8H2,1-2H3/t10-,11-,12+,13-,14+,15-/m1/s1. The van der Waals surface area contributed by atoms with E-state index in [1.54, 1.807) is 0 Å². The van der Waals surface area contributed by atoms with E-state index in [1.807, 2.05) is 30.3 Å². The monoisotopic (exact) mass is 321 g/mol. The van der Waals surface area contributed by atoms with Gasteiger partial charge in [0.05, 0.1) is 12.6 Å². The summed E-state index contributed by atoms with van der Waals surface area (Å²) >= 11 is 0. The maximum atomic E-state index is 8.90. The minimum absolute atomic E-state index is 0.317. The first-order valence-corrected chi connectivity index (χ1v) is 7.35. The van der Waals surface area contributed by atoms with Crippen molar-refractivity contribution < 1.29 is 23.7 Å². The van der Waals surface area contributed by atoms with Gasteiger partial charge in [-0.3, -0.25) is 0 Å². The van der Waals surface area contributed by atoms with Crippen LogP contribution in [0, 0.1) is 0 Å². The van der Waals surface area contributed by atoms with E-state index < -0.39 is 30.8 Å². The minimum Gasteiger partial charge on any atom is -0.376 e. The average Bonchev–Trinajstić information content (AvgIpc) is 2.62. The highest BCUT2D eigenvalue weighted by Crippen LogP contribution is 2.36. The Morgan fingerprint density at radius 1 is 1.17 bits per heavy atom. The van der Waals surface area contributed by atoms with Gasteiger partial charge in [-0.2, -0.15) is 0 Å². The van der Waals surface area contributed by atoms with Crippen LogP contribution >= 0.6 is 0 Å². The van der Waals surface area contributed by atoms with Crippen molar-refractivity contribution in [3.05, 3.63) is 46.3 Å². The highest BCUT2D eigenvalue weighted by molar-refractivity contribution is 5.16. The van der Waals surface area contributed by atoms with Gasteiger partial charge in [0.1, 0.15) is 18.3 Å². The quantitative estimate of drug-likeness (QED) is 0.481. The lowest BCUT2D eigenvalue weighted by molar-refractivity contribution is -0.340. The summed E-state index contributed by atoms with van der Waals surface area (Å²) < 4.78 is 28.3. The lowest BCUT2D eigenvalue weighted by Crippen LogP contribution is -2.61. The van der Waals surface area contributed by atoms with E-state index >= 15 is 0 Å². The number of hydrogen-bond donors (Lipinski definition) is 0. The van der Waals surface area contributed by atoms with Crippen LogP contribution in [0.5, 0.6) is 0 Å². The molecule has 0 radical (unpaired) electrons. The molecule has 0 N–H and O–H groups in total. The van der Waals surface area contributed by atoms with E-state index in [0.29, 0.717) is 6.61 Å². The number of hydrogen-bond acceptors (Lipinski definition) is 6. The molecule has 0 saturated carbocycles. The van der Waals surface area contributed by atoms with E-state index in [4.69, 9.17) is 29.2 Å². The molecule has 8 nitrogen and oxygen atoms in total. The highest BCUT2D eigenvalue weighted by atomic mass is 16.7. The van der Waals surface area contributed by atoms with Crippen molar-refractivity contribution in [2.24, 2.45) is 5.11 Å². The van der Waals surface area contributed by atoms with Crippen molar-refractivity contribution >= 4 is 0 Å². The minimum atomic E-state index is -0.641. The van der Waals surface area contributed by atoms with Crippen LogP contribution in [0.1, 0.15) is 11.9 Å². The SMILES string of the molecule is CO[C@@H]1O[C@@H]2CO[C@H](c3ccccc3)O[C@@H]2[C@@H](N=[N+]=[N-])[C@H]1OC. The highest BCUT2D eigenvalue weighted by Gasteiger charge is 2.50. The molecule has 2 heterocycles. The zero-order valence-electron chi connectivity index (χ0n) is 12.9. The van der Waals surface area contributed by atoms with Gasteiger partial charge in [-0.05, 0) is 5.53 Å². The average molecular weight is 321 g/mol. The lowest BCUT2D eigenvalue weighted by atomic mass is 9.95. The zero-order valence-corrected chi connectivity index (χ0v) is 12.9. The molecular formula is C15H19N3O5. The first-order chi connectivity index (χ1) is 11.3. The molecule has 2 aliphatic heterocycles. The third kappa shape index (κ3) is 3.18. The van der Waals surface area contributed by atoms with Crippen molar-refractivity contribution in [1.82, 2.24) is 0 Å². The van der Waals surface area contributed by atoms with Crippen molar-refractivity contribution in [3.63, 3.8) is 0 Å². The van der Waals surface area contributed by atoms with E-state index in [0.717, 1.165) is 5.56 Å². The normalized spacial score (nSPS) is 36.8. The van der Waals surface area contributed by atoms with E-state index in [9.17, 15) is 0 Å². The Morgan fingerprint density at radius 2 is 1.96 bits per heavy atom. The summed E-state index contributed by atoms with van der Waals surface area (Å²) in [5.74, 6) is 0. The molecule has 3 rings (SSSR count). The summed E-state index contributed by atoms with van der Waals surface area (Å²) in [5, 5.41) is 3.86. The Labute approximate surface area is 133 Å². The molecular weight excluding hydrogens is 302 g/mol. The molecule has 1 aromatic carbocycles. The van der Waals surface area contributed by atoms with Gasteiger partial charge >= 0.3 is 0 Å². The Balaban J connectivity index is 1.84. The molecule has 0 unspecified atom stereocenters. The molecule has 6 atom stereocenters. The predicted octanol–water partition coefficient (Wildman–Crippen LogP) is 2.17. The van der Waals surface area contributed by atoms with Crippen LogP contribution in [-0.2, 0) is 23.7 Å². The van der Waals surface area contributed by atoms with Crippen LogP contribution in [0.2, 0.25) is 0 Å². The molecule has 23 heavy (non-hydrogen) atoms. The van der Waals surface area contributed by atoms with Crippen LogP contribution in [0.3, 0.4) is 0 Å². The molecule has 2 aliphatic rings. The Bertz CT molecular complexity index is 565. The number of fused-ring (bicyclic) bond motifs is 1. The fourth-order valence-electron chi connectivity index (χ4n) is 2.98. The second-order valence-corrected chi connectivity index (χ2v) is 5.35. The Kier molecular flexibility index (Phi) is 5.12. The van der Waals surface area contributed by atoms with Gasteiger partial charge in [0.2, 0.25) is 0 Å². The van der Waals surface area contributed by atoms with Crippen LogP contribution in [0.4, 0.5) is 0 Å². The molecule has 0 aromatic heterocycles. The van der Waals surface area contributed by atoms with Crippen molar-refractivity contribution in [3.8, 4) is 0 Å². The van der Waals surface area contributed by atoms with Crippen molar-refractivity contribution in [2.75, 3.05) is 20.8 Å². The lowest BCUT2D eigenvalue weighted by Gasteiger charge is -2.47. The van der Waals surface area contributed by atoms with Gasteiger partial charge in [-0.1, -0.05) is 35.4 Å². The number of ether oxygens (including phenoxy) is 5. The van der Waals surface area contributed by atoms with Gasteiger partial charge in [-0.25, -0.2) is 0 Å². The van der Waals surface area contributed by atoms with Gasteiger partial charge in [0.25, 0.3) is 0 Å². The second-order valence-electron chi connectivity index (χ2n) is 5.35. The Morgan fingerprint density at radius 3 is 2.61 bits per heavy atom. The summed E-state index contributed by atoms with van der Waals surface area (Å²) in [6.07, 6.45) is -2.58. The van der Waals surface area contributed by atoms with E-state index in [-0.39, 0.29) is 6.10 Å². The zero-order chi connectivity index (χ0) is 16.2. The summed E-state index contributed by atoms with van der Waals surface area (Å²) in [5.41, 5.74) is 9.80. The van der Waals surface area contributed by atoms with Crippen LogP contribution < -0.4 is 0 Å². The predicted molar refractivity (Wildman–Crippen MR) is 79.4 cm³/mol. The number of rotatable bonds is 4. The third-order valence-electron chi connectivity index (χ3n) is 4.07. The van der Waals surface area contributed by atoms with Crippen LogP contribution in [0.25, 0.3) is 10.4 Å². The summed E-state index contributed by atoms with van der Waals surface area (Å²) in [6, 6.07) is 9.02. The van der Waals surface area contributed by atoms with Gasteiger partial charge in [-0.15, -0.1) is 0 Å². The molecule has 0 spiro atoms. The third-order valence-corrected chi connectivity index (χ3v) is 4.07. The fraction of sp³-hybridized carbons (Fsp3) is 0.600. The fourth-order valence-corrected chi connectivity index (χ4v) is 2.98. The molecule has 1 aromatic rings. The van der Waals surface area contributed by atoms with Gasteiger partial charge < -0.3 is 23.7 Å². The van der Waals surface area contributed by atoms with E-state index in [1.165, 1.54) is 14.2 Å². The first kappa shape index (κ1) is 16.2. The van der Waals surface area contributed by atoms with Gasteiger partial charge in [0.15, 0.2) is 12.6 Å². The molecule has 0 bridgehead atoms. The molecule has 124 valence electrons. The van der Waals surface area contributed by atoms with Crippen molar-refractivity contribution in [2.45, 2.75) is 36.9 Å². The molecule has 8 heteroatoms. The van der Waals surface area contributed by atoms with Gasteiger partial charge in [0, 0.05) is 24.7 Å². The number of azide groups is 1. The summed E-state index contributed by atoms with van der Waals surface area (Å²) in [4.78, 5) is 2.93. The molecule has 0 amide bonds. The molecule has 2 saturated heterocycles. The molecule has 0 aliphatic carbocycles. The number of nitrogens with zero attached hydrogens (tertiary/aromatic N) is 3. The smallest absolute Gasteiger partial charge is 0.184 e. The molecule has 2 fully saturated rings. The van der Waals surface area contributed by atoms with E-state index in [2.05, 4.69) is 10.0 Å². The van der Waals surface area contributed by atoms with Crippen LogP contribution in [0.15, 0.2) is 35.4 Å². The maximum absolute atomic E-state index is 8.90. The summed E-state index contributed by atoms with van der Waals surface area (Å²) in [6.45, 7) is 0.317. The largest absolute Gasteiger partial charge is 0.376 e.